The van der Waals surface area contributed by atoms with Crippen LogP contribution in [-0.2, 0) is 20.7 Å². The molecule has 0 aromatic heterocycles. The first-order valence-electron chi connectivity index (χ1n) is 10.4. The Labute approximate surface area is 193 Å². The molecule has 1 aromatic carbocycles. The lowest BCUT2D eigenvalue weighted by molar-refractivity contribution is -0.288. The van der Waals surface area contributed by atoms with Crippen LogP contribution < -0.4 is 10.2 Å². The normalized spacial score (nSPS) is 25.9. The van der Waals surface area contributed by atoms with E-state index in [4.69, 9.17) is 32.7 Å². The average molecular weight is 479 g/mol. The number of hydrogen-bond acceptors (Lipinski definition) is 7. The molecule has 31 heavy (non-hydrogen) atoms. The Bertz CT molecular complexity index is 658. The topological polar surface area (TPSA) is 111 Å². The van der Waals surface area contributed by atoms with Gasteiger partial charge in [-0.25, -0.2) is 0 Å². The monoisotopic (exact) mass is 478 g/mol. The van der Waals surface area contributed by atoms with E-state index in [1.54, 1.807) is 0 Å². The highest BCUT2D eigenvalue weighted by Crippen LogP contribution is 2.21. The summed E-state index contributed by atoms with van der Waals surface area (Å²) in [4.78, 5) is 14.3. The molecule has 0 spiro atoms. The molecule has 1 amide bonds. The zero-order valence-electron chi connectivity index (χ0n) is 17.6. The Hall–Kier alpha value is -1.13. The number of rotatable bonds is 12. The van der Waals surface area contributed by atoms with Gasteiger partial charge in [0.05, 0.1) is 0 Å². The first-order valence-corrected chi connectivity index (χ1v) is 11.4. The van der Waals surface area contributed by atoms with Gasteiger partial charge in [-0.3, -0.25) is 4.79 Å². The van der Waals surface area contributed by atoms with E-state index in [-0.39, 0.29) is 12.5 Å². The minimum atomic E-state index is -1.41. The van der Waals surface area contributed by atoms with Crippen molar-refractivity contribution in [2.75, 3.05) is 43.4 Å². The standard InChI is InChI=1S/C21H32Cl2N2O6/c1-30-21-20(29)19(28)18(27)16(31-21)13-24-17(26)4-2-3-14-5-7-15(8-6-14)25(11-9-22)12-10-23/h5-8,16,18-21,27-29H,2-4,9-13H2,1H3,(H,24,26)/t16-,18-,19+,20-,21-/m1/s1. The highest BCUT2D eigenvalue weighted by molar-refractivity contribution is 6.18. The third-order valence-corrected chi connectivity index (χ3v) is 5.62. The lowest BCUT2D eigenvalue weighted by Gasteiger charge is -2.39. The molecule has 0 bridgehead atoms. The highest BCUT2D eigenvalue weighted by atomic mass is 35.5. The molecule has 2 rings (SSSR count). The number of ether oxygens (including phenoxy) is 2. The number of aliphatic hydroxyl groups excluding tert-OH is 3. The number of anilines is 1. The molecule has 1 aromatic rings. The van der Waals surface area contributed by atoms with E-state index in [0.717, 1.165) is 30.8 Å². The predicted molar refractivity (Wildman–Crippen MR) is 120 cm³/mol. The number of nitrogens with one attached hydrogen (secondary N) is 1. The number of aryl methyl sites for hydroxylation is 1. The van der Waals surface area contributed by atoms with Crippen molar-refractivity contribution >= 4 is 34.8 Å². The van der Waals surface area contributed by atoms with Gasteiger partial charge in [-0.05, 0) is 30.5 Å². The summed E-state index contributed by atoms with van der Waals surface area (Å²) < 4.78 is 10.4. The zero-order chi connectivity index (χ0) is 22.8. The second kappa shape index (κ2) is 13.4. The summed E-state index contributed by atoms with van der Waals surface area (Å²) in [5.74, 6) is 0.877. The van der Waals surface area contributed by atoms with Gasteiger partial charge in [-0.1, -0.05) is 12.1 Å². The summed E-state index contributed by atoms with van der Waals surface area (Å²) in [5, 5.41) is 32.4. The van der Waals surface area contributed by atoms with E-state index < -0.39 is 30.7 Å². The molecule has 4 N–H and O–H groups in total. The Kier molecular flexibility index (Phi) is 11.3. The fraction of sp³-hybridized carbons (Fsp3) is 0.667. The fourth-order valence-electron chi connectivity index (χ4n) is 3.48. The zero-order valence-corrected chi connectivity index (χ0v) is 19.1. The van der Waals surface area contributed by atoms with E-state index >= 15 is 0 Å². The minimum Gasteiger partial charge on any atom is -0.388 e. The molecular weight excluding hydrogens is 447 g/mol. The first-order chi connectivity index (χ1) is 14.9. The van der Waals surface area contributed by atoms with Crippen LogP contribution in [0, 0.1) is 0 Å². The van der Waals surface area contributed by atoms with Gasteiger partial charge in [-0.2, -0.15) is 0 Å². The molecule has 176 valence electrons. The molecule has 1 fully saturated rings. The van der Waals surface area contributed by atoms with Crippen LogP contribution in [-0.4, -0.2) is 90.4 Å². The van der Waals surface area contributed by atoms with Crippen LogP contribution in [0.4, 0.5) is 5.69 Å². The van der Waals surface area contributed by atoms with Crippen molar-refractivity contribution in [1.82, 2.24) is 5.32 Å². The van der Waals surface area contributed by atoms with Crippen LogP contribution in [0.2, 0.25) is 0 Å². The third kappa shape index (κ3) is 7.75. The Balaban J connectivity index is 1.74. The lowest BCUT2D eigenvalue weighted by Crippen LogP contribution is -2.60. The number of carbonyl (C=O) groups is 1. The van der Waals surface area contributed by atoms with Gasteiger partial charge >= 0.3 is 0 Å². The minimum absolute atomic E-state index is 0.00924. The largest absolute Gasteiger partial charge is 0.388 e. The summed E-state index contributed by atoms with van der Waals surface area (Å²) in [5.41, 5.74) is 2.19. The van der Waals surface area contributed by atoms with Crippen molar-refractivity contribution in [3.8, 4) is 0 Å². The van der Waals surface area contributed by atoms with Gasteiger partial charge in [0.1, 0.15) is 24.4 Å². The molecule has 5 atom stereocenters. The SMILES string of the molecule is CO[C@@H]1O[C@H](CNC(=O)CCCc2ccc(N(CCCl)CCCl)cc2)[C@@H](O)[C@H](O)[C@H]1O. The summed E-state index contributed by atoms with van der Waals surface area (Å²) in [7, 11) is 1.33. The number of halogens is 2. The van der Waals surface area contributed by atoms with E-state index in [1.165, 1.54) is 7.11 Å². The molecule has 1 saturated heterocycles. The maximum Gasteiger partial charge on any atom is 0.220 e. The van der Waals surface area contributed by atoms with E-state index in [2.05, 4.69) is 10.2 Å². The second-order valence-corrected chi connectivity index (χ2v) is 8.20. The molecular formula is C21H32Cl2N2O6. The van der Waals surface area contributed by atoms with Crippen LogP contribution in [0.5, 0.6) is 0 Å². The molecule has 0 saturated carbocycles. The number of carbonyl (C=O) groups excluding carboxylic acids is 1. The fourth-order valence-corrected chi connectivity index (χ4v) is 3.89. The number of amides is 1. The third-order valence-electron chi connectivity index (χ3n) is 5.28. The highest BCUT2D eigenvalue weighted by Gasteiger charge is 2.43. The van der Waals surface area contributed by atoms with E-state index in [0.29, 0.717) is 24.6 Å². The summed E-state index contributed by atoms with van der Waals surface area (Å²) >= 11 is 11.7. The quantitative estimate of drug-likeness (QED) is 0.329. The number of alkyl halides is 2. The van der Waals surface area contributed by atoms with Crippen molar-refractivity contribution in [1.29, 1.82) is 0 Å². The number of methoxy groups -OCH3 is 1. The number of benzene rings is 1. The van der Waals surface area contributed by atoms with Gasteiger partial charge in [-0.15, -0.1) is 23.2 Å². The maximum absolute atomic E-state index is 12.1. The average Bonchev–Trinajstić information content (AvgIpc) is 2.77. The Morgan fingerprint density at radius 2 is 1.74 bits per heavy atom. The molecule has 0 radical (unpaired) electrons. The van der Waals surface area contributed by atoms with Crippen LogP contribution in [0.3, 0.4) is 0 Å². The number of hydrogen-bond donors (Lipinski definition) is 4. The van der Waals surface area contributed by atoms with Gasteiger partial charge < -0.3 is 35.0 Å². The first kappa shape index (κ1) is 26.1. The summed E-state index contributed by atoms with van der Waals surface area (Å²) in [6, 6.07) is 8.13. The molecule has 1 aliphatic heterocycles. The van der Waals surface area contributed by atoms with Gasteiger partial charge in [0, 0.05) is 50.6 Å². The van der Waals surface area contributed by atoms with Crippen molar-refractivity contribution in [3.05, 3.63) is 29.8 Å². The Morgan fingerprint density at radius 3 is 2.32 bits per heavy atom. The summed E-state index contributed by atoms with van der Waals surface area (Å²) in [6.07, 6.45) is -4.29. The Morgan fingerprint density at radius 1 is 1.10 bits per heavy atom. The van der Waals surface area contributed by atoms with E-state index in [9.17, 15) is 20.1 Å². The molecule has 0 aliphatic carbocycles. The number of aliphatic hydroxyl groups is 3. The van der Waals surface area contributed by atoms with E-state index in [1.807, 2.05) is 24.3 Å². The lowest BCUT2D eigenvalue weighted by atomic mass is 9.99. The van der Waals surface area contributed by atoms with Crippen molar-refractivity contribution < 1.29 is 29.6 Å². The maximum atomic E-state index is 12.1. The molecule has 1 aliphatic rings. The van der Waals surface area contributed by atoms with Crippen molar-refractivity contribution in [3.63, 3.8) is 0 Å². The van der Waals surface area contributed by atoms with Crippen LogP contribution in [0.25, 0.3) is 0 Å². The van der Waals surface area contributed by atoms with Crippen molar-refractivity contribution in [2.45, 2.75) is 50.0 Å². The summed E-state index contributed by atoms with van der Waals surface area (Å²) in [6.45, 7) is 1.47. The smallest absolute Gasteiger partial charge is 0.220 e. The predicted octanol–water partition coefficient (Wildman–Crippen LogP) is 0.863. The van der Waals surface area contributed by atoms with Crippen molar-refractivity contribution in [2.24, 2.45) is 0 Å². The number of nitrogens with zero attached hydrogens (tertiary/aromatic N) is 1. The van der Waals surface area contributed by atoms with Crippen LogP contribution >= 0.6 is 23.2 Å². The van der Waals surface area contributed by atoms with Gasteiger partial charge in [0.15, 0.2) is 6.29 Å². The van der Waals surface area contributed by atoms with Crippen LogP contribution in [0.1, 0.15) is 18.4 Å². The molecule has 1 heterocycles. The van der Waals surface area contributed by atoms with Gasteiger partial charge in [0.2, 0.25) is 5.91 Å². The molecule has 0 unspecified atom stereocenters. The second-order valence-electron chi connectivity index (χ2n) is 7.44. The van der Waals surface area contributed by atoms with Crippen LogP contribution in [0.15, 0.2) is 24.3 Å². The molecule has 10 heteroatoms. The molecule has 8 nitrogen and oxygen atoms in total. The van der Waals surface area contributed by atoms with Gasteiger partial charge in [0.25, 0.3) is 0 Å².